The Morgan fingerprint density at radius 1 is 0.892 bits per heavy atom. The number of benzene rings is 2. The molecule has 1 unspecified atom stereocenters. The maximum absolute atomic E-state index is 14.3. The Bertz CT molecular complexity index is 1150. The van der Waals surface area contributed by atoms with Gasteiger partial charge in [-0.2, -0.15) is 13.9 Å². The molecule has 1 N–H and O–H groups in total. The number of carbonyl (C=O) groups excluding carboxylic acids is 1. The lowest BCUT2D eigenvalue weighted by molar-refractivity contribution is -0.152. The quantitative estimate of drug-likeness (QED) is 0.125. The third kappa shape index (κ3) is 7.02. The third-order valence-electron chi connectivity index (χ3n) is 5.87. The number of carbonyl (C=O) groups is 1. The van der Waals surface area contributed by atoms with E-state index in [0.29, 0.717) is 12.8 Å². The molecule has 0 aromatic heterocycles. The predicted molar refractivity (Wildman–Crippen MR) is 126 cm³/mol. The van der Waals surface area contributed by atoms with Crippen molar-refractivity contribution in [1.82, 2.24) is 5.09 Å². The molecule has 204 valence electrons. The van der Waals surface area contributed by atoms with Crippen LogP contribution in [0, 0.1) is 29.1 Å². The van der Waals surface area contributed by atoms with Crippen LogP contribution < -0.4 is 14.1 Å². The molecule has 2 aromatic rings. The van der Waals surface area contributed by atoms with E-state index in [1.807, 2.05) is 20.8 Å². The molecule has 2 aromatic carbocycles. The summed E-state index contributed by atoms with van der Waals surface area (Å²) in [4.78, 5) is 12.6. The average molecular weight is 549 g/mol. The summed E-state index contributed by atoms with van der Waals surface area (Å²) < 4.78 is 98.8. The predicted octanol–water partition coefficient (Wildman–Crippen LogP) is 7.10. The molecular formula is C25H29F5NO5P. The fourth-order valence-electron chi connectivity index (χ4n) is 3.75. The number of halogens is 5. The van der Waals surface area contributed by atoms with E-state index in [1.54, 1.807) is 12.1 Å². The van der Waals surface area contributed by atoms with E-state index in [2.05, 4.69) is 5.09 Å². The van der Waals surface area contributed by atoms with Crippen molar-refractivity contribution in [2.24, 2.45) is 0 Å². The highest BCUT2D eigenvalue weighted by molar-refractivity contribution is 7.52. The molecule has 0 spiro atoms. The van der Waals surface area contributed by atoms with E-state index >= 15 is 0 Å². The van der Waals surface area contributed by atoms with Crippen molar-refractivity contribution in [1.29, 1.82) is 0 Å². The summed E-state index contributed by atoms with van der Waals surface area (Å²) in [5, 5.41) is 2.20. The minimum absolute atomic E-state index is 0.111. The van der Waals surface area contributed by atoms with Crippen LogP contribution in [0.15, 0.2) is 24.3 Å². The zero-order valence-corrected chi connectivity index (χ0v) is 21.8. The Balaban J connectivity index is 1.91. The van der Waals surface area contributed by atoms with Gasteiger partial charge in [0.2, 0.25) is 34.8 Å². The van der Waals surface area contributed by atoms with Crippen LogP contribution in [-0.2, 0) is 19.5 Å². The van der Waals surface area contributed by atoms with Crippen molar-refractivity contribution >= 4 is 13.7 Å². The molecule has 12 heteroatoms. The van der Waals surface area contributed by atoms with Gasteiger partial charge >= 0.3 is 13.7 Å². The van der Waals surface area contributed by atoms with Crippen molar-refractivity contribution in [3.8, 4) is 11.5 Å². The molecule has 0 heterocycles. The van der Waals surface area contributed by atoms with E-state index in [4.69, 9.17) is 13.8 Å². The van der Waals surface area contributed by atoms with Gasteiger partial charge in [-0.25, -0.2) is 17.7 Å². The second kappa shape index (κ2) is 11.4. The Hall–Kier alpha value is -2.65. The molecule has 0 saturated heterocycles. The SMILES string of the molecule is C[C@H](NP(=O)(Oc1ccc(C(C)(C)C)cc1)Oc1c(F)c(F)c(F)c(F)c1F)C(=O)OC1CCCCC1. The standard InChI is InChI=1S/C25H29F5NO5P/c1-14(24(32)34-16-8-6-5-7-9-16)31-37(33,35-17-12-10-15(11-13-17)25(2,3)4)36-23-21(29)19(27)18(26)20(28)22(23)30/h10-14,16H,5-9H2,1-4H3,(H,31,33)/t14-,37?/m0/s1. The molecule has 0 radical (unpaired) electrons. The highest BCUT2D eigenvalue weighted by Gasteiger charge is 2.39. The van der Waals surface area contributed by atoms with Crippen molar-refractivity contribution in [2.45, 2.75) is 77.4 Å². The first-order chi connectivity index (χ1) is 17.2. The molecule has 1 aliphatic carbocycles. The zero-order chi connectivity index (χ0) is 27.5. The second-order valence-corrected chi connectivity index (χ2v) is 11.5. The Morgan fingerprint density at radius 2 is 1.41 bits per heavy atom. The Kier molecular flexibility index (Phi) is 8.90. The van der Waals surface area contributed by atoms with Crippen LogP contribution >= 0.6 is 7.75 Å². The Morgan fingerprint density at radius 3 is 1.92 bits per heavy atom. The highest BCUT2D eigenvalue weighted by Crippen LogP contribution is 2.48. The van der Waals surface area contributed by atoms with Crippen LogP contribution in [0.1, 0.15) is 65.4 Å². The summed E-state index contributed by atoms with van der Waals surface area (Å²) in [5.74, 6) is -14.5. The van der Waals surface area contributed by atoms with Crippen LogP contribution in [0.5, 0.6) is 11.5 Å². The summed E-state index contributed by atoms with van der Waals surface area (Å²) in [6.45, 7) is 7.08. The van der Waals surface area contributed by atoms with Gasteiger partial charge in [-0.15, -0.1) is 0 Å². The highest BCUT2D eigenvalue weighted by atomic mass is 31.2. The van der Waals surface area contributed by atoms with Crippen molar-refractivity contribution in [2.75, 3.05) is 0 Å². The summed E-state index contributed by atoms with van der Waals surface area (Å²) in [6.07, 6.45) is 3.69. The van der Waals surface area contributed by atoms with Crippen LogP contribution in [0.25, 0.3) is 0 Å². The summed E-state index contributed by atoms with van der Waals surface area (Å²) in [7, 11) is -4.98. The van der Waals surface area contributed by atoms with Crippen LogP contribution in [-0.4, -0.2) is 18.1 Å². The van der Waals surface area contributed by atoms with Gasteiger partial charge < -0.3 is 13.8 Å². The maximum atomic E-state index is 14.3. The smallest absolute Gasteiger partial charge is 0.461 e. The van der Waals surface area contributed by atoms with E-state index < -0.39 is 54.6 Å². The van der Waals surface area contributed by atoms with Crippen molar-refractivity contribution in [3.05, 3.63) is 58.9 Å². The molecule has 6 nitrogen and oxygen atoms in total. The van der Waals surface area contributed by atoms with Crippen molar-refractivity contribution in [3.63, 3.8) is 0 Å². The second-order valence-electron chi connectivity index (χ2n) is 9.90. The van der Waals surface area contributed by atoms with Crippen LogP contribution in [0.3, 0.4) is 0 Å². The zero-order valence-electron chi connectivity index (χ0n) is 20.9. The Labute approximate surface area is 212 Å². The number of hydrogen-bond donors (Lipinski definition) is 1. The number of nitrogens with one attached hydrogen (secondary N) is 1. The van der Waals surface area contributed by atoms with E-state index in [1.165, 1.54) is 19.1 Å². The summed E-state index contributed by atoms with van der Waals surface area (Å²) >= 11 is 0. The average Bonchev–Trinajstić information content (AvgIpc) is 2.84. The monoisotopic (exact) mass is 549 g/mol. The molecule has 0 amide bonds. The van der Waals surface area contributed by atoms with Gasteiger partial charge in [-0.3, -0.25) is 4.79 Å². The number of esters is 1. The minimum atomic E-state index is -4.98. The molecule has 2 atom stereocenters. The van der Waals surface area contributed by atoms with Crippen molar-refractivity contribution < 1.29 is 45.1 Å². The largest absolute Gasteiger partial charge is 0.513 e. The molecule has 0 bridgehead atoms. The first-order valence-electron chi connectivity index (χ1n) is 11.8. The lowest BCUT2D eigenvalue weighted by Gasteiger charge is -2.26. The van der Waals surface area contributed by atoms with Gasteiger partial charge in [0.1, 0.15) is 17.9 Å². The minimum Gasteiger partial charge on any atom is -0.461 e. The molecule has 3 rings (SSSR count). The normalized spacial score (nSPS) is 17.1. The van der Waals surface area contributed by atoms with Crippen LogP contribution in [0.4, 0.5) is 22.0 Å². The van der Waals surface area contributed by atoms with Gasteiger partial charge in [0.15, 0.2) is 0 Å². The van der Waals surface area contributed by atoms with Gasteiger partial charge in [-0.1, -0.05) is 39.3 Å². The van der Waals surface area contributed by atoms with E-state index in [-0.39, 0.29) is 17.3 Å². The third-order valence-corrected chi connectivity index (χ3v) is 7.44. The first kappa shape index (κ1) is 28.9. The molecule has 0 aliphatic heterocycles. The summed E-state index contributed by atoms with van der Waals surface area (Å²) in [5.41, 5.74) is 0.622. The lowest BCUT2D eigenvalue weighted by Crippen LogP contribution is -2.38. The van der Waals surface area contributed by atoms with Gasteiger partial charge in [0, 0.05) is 0 Å². The van der Waals surface area contributed by atoms with E-state index in [0.717, 1.165) is 24.8 Å². The maximum Gasteiger partial charge on any atom is 0.513 e. The fourth-order valence-corrected chi connectivity index (χ4v) is 5.27. The number of rotatable bonds is 8. The lowest BCUT2D eigenvalue weighted by atomic mass is 9.87. The van der Waals surface area contributed by atoms with Crippen LogP contribution in [0.2, 0.25) is 0 Å². The van der Waals surface area contributed by atoms with Gasteiger partial charge in [0.05, 0.1) is 0 Å². The topological polar surface area (TPSA) is 73.9 Å². The number of ether oxygens (including phenoxy) is 1. The summed E-state index contributed by atoms with van der Waals surface area (Å²) in [6, 6.07) is 4.67. The molecule has 37 heavy (non-hydrogen) atoms. The molecule has 1 aliphatic rings. The van der Waals surface area contributed by atoms with Gasteiger partial charge in [0.25, 0.3) is 0 Å². The number of hydrogen-bond acceptors (Lipinski definition) is 5. The first-order valence-corrected chi connectivity index (χ1v) is 13.4. The molecule has 1 fully saturated rings. The van der Waals surface area contributed by atoms with Gasteiger partial charge in [-0.05, 0) is 55.7 Å². The molecule has 1 saturated carbocycles. The molecular weight excluding hydrogens is 520 g/mol. The van der Waals surface area contributed by atoms with E-state index in [9.17, 15) is 31.3 Å². The fraction of sp³-hybridized carbons (Fsp3) is 0.480.